The number of carbonyl (C=O) groups is 1. The summed E-state index contributed by atoms with van der Waals surface area (Å²) < 4.78 is 5.41. The third-order valence-electron chi connectivity index (χ3n) is 3.79. The molecule has 2 N–H and O–H groups in total. The van der Waals surface area contributed by atoms with Crippen LogP contribution in [0.3, 0.4) is 0 Å². The van der Waals surface area contributed by atoms with Crippen molar-refractivity contribution in [1.29, 1.82) is 0 Å². The van der Waals surface area contributed by atoms with E-state index in [2.05, 4.69) is 4.98 Å². The first-order valence-electron chi connectivity index (χ1n) is 7.50. The first-order valence-corrected chi connectivity index (χ1v) is 7.50. The van der Waals surface area contributed by atoms with E-state index in [1.807, 2.05) is 32.9 Å². The highest BCUT2D eigenvalue weighted by atomic mass is 16.6. The van der Waals surface area contributed by atoms with Crippen molar-refractivity contribution in [3.05, 3.63) is 30.1 Å². The standard InChI is InChI=1S/C16H25N3O2/c1-16(2,3)21-15(20)19-10-6-13(7-11-19)14(17)12-4-8-18-9-5-12/h4-5,8-9,13-14H,6-7,10-11,17H2,1-3H3. The highest BCUT2D eigenvalue weighted by molar-refractivity contribution is 5.68. The molecule has 0 radical (unpaired) electrons. The molecule has 1 aromatic heterocycles. The Kier molecular flexibility index (Phi) is 4.83. The van der Waals surface area contributed by atoms with Crippen LogP contribution in [0.2, 0.25) is 0 Å². The Morgan fingerprint density at radius 1 is 1.33 bits per heavy atom. The molecule has 2 heterocycles. The minimum absolute atomic E-state index is 0.00814. The molecule has 1 aliphatic rings. The molecule has 1 aliphatic heterocycles. The Hall–Kier alpha value is -1.62. The maximum Gasteiger partial charge on any atom is 0.410 e. The summed E-state index contributed by atoms with van der Waals surface area (Å²) in [6, 6.07) is 3.93. The van der Waals surface area contributed by atoms with Crippen molar-refractivity contribution in [2.45, 2.75) is 45.3 Å². The van der Waals surface area contributed by atoms with E-state index in [4.69, 9.17) is 10.5 Å². The number of aromatic nitrogens is 1. The lowest BCUT2D eigenvalue weighted by Gasteiger charge is -2.35. The van der Waals surface area contributed by atoms with Crippen molar-refractivity contribution >= 4 is 6.09 Å². The molecular formula is C16H25N3O2. The Bertz CT molecular complexity index is 462. The van der Waals surface area contributed by atoms with Crippen molar-refractivity contribution in [2.24, 2.45) is 11.7 Å². The zero-order valence-corrected chi connectivity index (χ0v) is 13.1. The van der Waals surface area contributed by atoms with E-state index in [1.165, 1.54) is 0 Å². The Balaban J connectivity index is 1.87. The number of piperidine rings is 1. The molecule has 1 unspecified atom stereocenters. The van der Waals surface area contributed by atoms with Gasteiger partial charge in [-0.15, -0.1) is 0 Å². The normalized spacial score (nSPS) is 18.4. The molecule has 21 heavy (non-hydrogen) atoms. The number of pyridine rings is 1. The molecule has 0 aliphatic carbocycles. The number of nitrogens with zero attached hydrogens (tertiary/aromatic N) is 2. The zero-order chi connectivity index (χ0) is 15.5. The first kappa shape index (κ1) is 15.8. The number of amides is 1. The molecule has 5 heteroatoms. The van der Waals surface area contributed by atoms with Gasteiger partial charge in [-0.3, -0.25) is 4.98 Å². The highest BCUT2D eigenvalue weighted by Gasteiger charge is 2.29. The molecule has 0 bridgehead atoms. The van der Waals surface area contributed by atoms with Gasteiger partial charge >= 0.3 is 6.09 Å². The second kappa shape index (κ2) is 6.43. The third-order valence-corrected chi connectivity index (χ3v) is 3.79. The highest BCUT2D eigenvalue weighted by Crippen LogP contribution is 2.29. The maximum atomic E-state index is 12.0. The van der Waals surface area contributed by atoms with Crippen LogP contribution in [0.15, 0.2) is 24.5 Å². The number of likely N-dealkylation sites (tertiary alicyclic amines) is 1. The van der Waals surface area contributed by atoms with Gasteiger partial charge in [0.1, 0.15) is 5.60 Å². The smallest absolute Gasteiger partial charge is 0.410 e. The van der Waals surface area contributed by atoms with E-state index in [9.17, 15) is 4.79 Å². The molecule has 1 atom stereocenters. The molecular weight excluding hydrogens is 266 g/mol. The van der Waals surface area contributed by atoms with E-state index < -0.39 is 5.60 Å². The van der Waals surface area contributed by atoms with Crippen LogP contribution in [0, 0.1) is 5.92 Å². The number of carbonyl (C=O) groups excluding carboxylic acids is 1. The van der Waals surface area contributed by atoms with Crippen LogP contribution in [0.4, 0.5) is 4.79 Å². The summed E-state index contributed by atoms with van der Waals surface area (Å²) in [6.45, 7) is 7.07. The molecule has 5 nitrogen and oxygen atoms in total. The monoisotopic (exact) mass is 291 g/mol. The third kappa shape index (κ3) is 4.43. The van der Waals surface area contributed by atoms with Gasteiger partial charge in [0.2, 0.25) is 0 Å². The minimum Gasteiger partial charge on any atom is -0.444 e. The lowest BCUT2D eigenvalue weighted by atomic mass is 9.86. The van der Waals surface area contributed by atoms with Gasteiger partial charge in [-0.1, -0.05) is 0 Å². The summed E-state index contributed by atoms with van der Waals surface area (Å²) in [4.78, 5) is 17.8. The number of ether oxygens (including phenoxy) is 1. The summed E-state index contributed by atoms with van der Waals surface area (Å²) >= 11 is 0. The van der Waals surface area contributed by atoms with Gasteiger partial charge < -0.3 is 15.4 Å². The fourth-order valence-electron chi connectivity index (χ4n) is 2.63. The van der Waals surface area contributed by atoms with Crippen LogP contribution in [0.25, 0.3) is 0 Å². The summed E-state index contributed by atoms with van der Waals surface area (Å²) in [7, 11) is 0. The average molecular weight is 291 g/mol. The van der Waals surface area contributed by atoms with Crippen LogP contribution >= 0.6 is 0 Å². The number of nitrogens with two attached hydrogens (primary N) is 1. The number of hydrogen-bond acceptors (Lipinski definition) is 4. The molecule has 0 saturated carbocycles. The summed E-state index contributed by atoms with van der Waals surface area (Å²) in [6.07, 6.45) is 5.13. The summed E-state index contributed by atoms with van der Waals surface area (Å²) in [5.74, 6) is 0.395. The van der Waals surface area contributed by atoms with Crippen LogP contribution in [0.5, 0.6) is 0 Å². The fourth-order valence-corrected chi connectivity index (χ4v) is 2.63. The number of hydrogen-bond donors (Lipinski definition) is 1. The minimum atomic E-state index is -0.443. The SMILES string of the molecule is CC(C)(C)OC(=O)N1CCC(C(N)c2ccncc2)CC1. The topological polar surface area (TPSA) is 68.5 Å². The second-order valence-electron chi connectivity index (χ2n) is 6.61. The Morgan fingerprint density at radius 2 is 1.90 bits per heavy atom. The van der Waals surface area contributed by atoms with Gasteiger partial charge in [-0.05, 0) is 57.2 Å². The van der Waals surface area contributed by atoms with Crippen molar-refractivity contribution < 1.29 is 9.53 Å². The molecule has 1 aromatic rings. The van der Waals surface area contributed by atoms with E-state index in [0.29, 0.717) is 19.0 Å². The van der Waals surface area contributed by atoms with Crippen LogP contribution in [0.1, 0.15) is 45.2 Å². The van der Waals surface area contributed by atoms with Gasteiger partial charge in [0.05, 0.1) is 0 Å². The Morgan fingerprint density at radius 3 is 2.43 bits per heavy atom. The van der Waals surface area contributed by atoms with Crippen LogP contribution < -0.4 is 5.73 Å². The predicted molar refractivity (Wildman–Crippen MR) is 81.7 cm³/mol. The van der Waals surface area contributed by atoms with E-state index >= 15 is 0 Å². The van der Waals surface area contributed by atoms with Crippen molar-refractivity contribution in [3.8, 4) is 0 Å². The largest absolute Gasteiger partial charge is 0.444 e. The van der Waals surface area contributed by atoms with Gasteiger partial charge in [0.25, 0.3) is 0 Å². The molecule has 2 rings (SSSR count). The number of rotatable bonds is 2. The second-order valence-corrected chi connectivity index (χ2v) is 6.61. The molecule has 1 saturated heterocycles. The van der Waals surface area contributed by atoms with Crippen molar-refractivity contribution in [2.75, 3.05) is 13.1 Å². The first-order chi connectivity index (χ1) is 9.87. The van der Waals surface area contributed by atoms with E-state index in [0.717, 1.165) is 18.4 Å². The van der Waals surface area contributed by atoms with E-state index in [-0.39, 0.29) is 12.1 Å². The molecule has 0 spiro atoms. The molecule has 1 amide bonds. The molecule has 116 valence electrons. The maximum absolute atomic E-state index is 12.0. The lowest BCUT2D eigenvalue weighted by Crippen LogP contribution is -2.43. The summed E-state index contributed by atoms with van der Waals surface area (Å²) in [5.41, 5.74) is 7.00. The summed E-state index contributed by atoms with van der Waals surface area (Å²) in [5, 5.41) is 0. The van der Waals surface area contributed by atoms with Gasteiger partial charge in [0, 0.05) is 31.5 Å². The Labute approximate surface area is 126 Å². The molecule has 0 aromatic carbocycles. The van der Waals surface area contributed by atoms with Gasteiger partial charge in [0.15, 0.2) is 0 Å². The predicted octanol–water partition coefficient (Wildman–Crippen LogP) is 2.73. The van der Waals surface area contributed by atoms with Gasteiger partial charge in [-0.25, -0.2) is 4.79 Å². The quantitative estimate of drug-likeness (QED) is 0.909. The van der Waals surface area contributed by atoms with Crippen LogP contribution in [-0.2, 0) is 4.74 Å². The average Bonchev–Trinajstić information content (AvgIpc) is 2.46. The van der Waals surface area contributed by atoms with Crippen molar-refractivity contribution in [1.82, 2.24) is 9.88 Å². The van der Waals surface area contributed by atoms with Crippen LogP contribution in [-0.4, -0.2) is 34.7 Å². The van der Waals surface area contributed by atoms with E-state index in [1.54, 1.807) is 17.3 Å². The lowest BCUT2D eigenvalue weighted by molar-refractivity contribution is 0.0174. The zero-order valence-electron chi connectivity index (χ0n) is 13.1. The van der Waals surface area contributed by atoms with Gasteiger partial charge in [-0.2, -0.15) is 0 Å². The molecule has 1 fully saturated rings. The van der Waals surface area contributed by atoms with Crippen molar-refractivity contribution in [3.63, 3.8) is 0 Å². The fraction of sp³-hybridized carbons (Fsp3) is 0.625.